The number of piperazine rings is 1. The Balaban J connectivity index is 1.36. The zero-order valence-electron chi connectivity index (χ0n) is 25.1. The van der Waals surface area contributed by atoms with Crippen molar-refractivity contribution >= 4 is 28.3 Å². The Morgan fingerprint density at radius 1 is 1.29 bits per heavy atom. The summed E-state index contributed by atoms with van der Waals surface area (Å²) in [6.07, 6.45) is -4.45. The van der Waals surface area contributed by atoms with Crippen molar-refractivity contribution in [1.29, 1.82) is 0 Å². The van der Waals surface area contributed by atoms with E-state index >= 15 is 0 Å². The van der Waals surface area contributed by atoms with Gasteiger partial charge in [-0.25, -0.2) is 4.39 Å². The Bertz CT molecular complexity index is 1760. The molecule has 3 aromatic rings. The molecule has 0 saturated carbocycles. The first-order valence-electron chi connectivity index (χ1n) is 15.1. The number of phenols is 1. The summed E-state index contributed by atoms with van der Waals surface area (Å²) in [4.78, 5) is 26.0. The van der Waals surface area contributed by atoms with Crippen LogP contribution in [0.15, 0.2) is 23.1 Å². The van der Waals surface area contributed by atoms with Gasteiger partial charge in [-0.2, -0.15) is 32.9 Å². The molecular weight excluding hydrogens is 582 g/mol. The minimum atomic E-state index is -5.00. The maximum Gasteiger partial charge on any atom is 0.419 e. The third-order valence-electron chi connectivity index (χ3n) is 8.57. The Labute approximate surface area is 246 Å². The van der Waals surface area contributed by atoms with E-state index in [-0.39, 0.29) is 60.7 Å². The number of alkyl halides is 4. The Hall–Kier alpha value is -3.23. The van der Waals surface area contributed by atoms with E-state index in [1.165, 1.54) is 11.1 Å². The van der Waals surface area contributed by atoms with E-state index in [1.807, 2.05) is 4.90 Å². The van der Waals surface area contributed by atoms with Crippen LogP contribution in [0.3, 0.4) is 0 Å². The monoisotopic (exact) mass is 612 g/mol. The Kier molecular flexibility index (Phi) is 5.72. The van der Waals surface area contributed by atoms with Crippen LogP contribution in [0.5, 0.6) is 11.8 Å². The smallest absolute Gasteiger partial charge is 0.419 e. The van der Waals surface area contributed by atoms with Crippen molar-refractivity contribution in [3.05, 3.63) is 39.3 Å². The van der Waals surface area contributed by atoms with Crippen molar-refractivity contribution in [1.82, 2.24) is 30.0 Å². The molecule has 2 N–H and O–H groups in total. The topological polar surface area (TPSA) is 109 Å². The zero-order chi connectivity index (χ0) is 32.1. The van der Waals surface area contributed by atoms with Gasteiger partial charge in [-0.1, -0.05) is 11.6 Å². The minimum Gasteiger partial charge on any atom is -0.508 e. The molecule has 10 nitrogen and oxygen atoms in total. The first-order valence-corrected chi connectivity index (χ1v) is 13.9. The summed E-state index contributed by atoms with van der Waals surface area (Å²) in [7, 11) is 0. The molecule has 4 atom stereocenters. The lowest BCUT2D eigenvalue weighted by atomic mass is 9.93. The summed E-state index contributed by atoms with van der Waals surface area (Å²) < 4.78 is 88.1. The largest absolute Gasteiger partial charge is 0.508 e. The van der Waals surface area contributed by atoms with Gasteiger partial charge in [-0.3, -0.25) is 9.69 Å². The molecule has 1 aromatic carbocycles. The number of rotatable bonds is 5. The molecule has 8 rings (SSSR count). The van der Waals surface area contributed by atoms with Gasteiger partial charge >= 0.3 is 12.2 Å². The molecule has 2 bridgehead atoms. The van der Waals surface area contributed by atoms with Gasteiger partial charge in [-0.05, 0) is 38.2 Å². The van der Waals surface area contributed by atoms with Crippen LogP contribution in [0.4, 0.5) is 23.4 Å². The number of hydrogen-bond donors (Lipinski definition) is 2. The van der Waals surface area contributed by atoms with E-state index in [0.717, 1.165) is 18.9 Å². The SMILES string of the molecule is [2H]C1([2H])CC[C@@]2(COc3nc(N4CC5CCC4CN5)c4cnn(-c5cc(O)cc(Cl)c5C(F)(F)F)c(=O)c4n3)C[C@@]([2H])(F)CN12. The van der Waals surface area contributed by atoms with Crippen LogP contribution in [0, 0.1) is 0 Å². The van der Waals surface area contributed by atoms with Crippen molar-refractivity contribution < 1.29 is 31.5 Å². The Morgan fingerprint density at radius 2 is 2.12 bits per heavy atom. The van der Waals surface area contributed by atoms with Crippen LogP contribution in [0.1, 0.15) is 41.8 Å². The molecule has 5 aliphatic rings. The van der Waals surface area contributed by atoms with E-state index in [2.05, 4.69) is 20.4 Å². The standard InChI is InChI=1S/C27H28ClF4N7O3/c28-19-6-17(40)7-20(21(19)27(30,31)32)39-24(41)22-18(10-34-39)23(38-12-15-2-3-16(38)9-33-15)36-25(35-22)42-13-26-4-1-5-37(26)11-14(29)8-26/h6-7,10,14-16,33,40H,1-5,8-9,11-13H2/t14-,15?,16?,26+/m1/s1/i5D2,14D. The lowest BCUT2D eigenvalue weighted by molar-refractivity contribution is -0.137. The molecule has 2 aromatic heterocycles. The third kappa shape index (κ3) is 4.54. The van der Waals surface area contributed by atoms with Crippen LogP contribution in [-0.2, 0) is 6.18 Å². The van der Waals surface area contributed by atoms with Gasteiger partial charge in [-0.15, -0.1) is 0 Å². The van der Waals surface area contributed by atoms with E-state index < -0.39 is 58.5 Å². The van der Waals surface area contributed by atoms with Gasteiger partial charge in [0.2, 0.25) is 0 Å². The minimum absolute atomic E-state index is 0.00782. The molecule has 15 heteroatoms. The molecule has 0 radical (unpaired) electrons. The summed E-state index contributed by atoms with van der Waals surface area (Å²) in [6.45, 7) is -1.41. The molecule has 224 valence electrons. The van der Waals surface area contributed by atoms with E-state index in [4.69, 9.17) is 20.5 Å². The van der Waals surface area contributed by atoms with E-state index in [0.29, 0.717) is 23.8 Å². The molecule has 0 aliphatic carbocycles. The number of ether oxygens (including phenoxy) is 1. The van der Waals surface area contributed by atoms with Gasteiger partial charge in [0, 0.05) is 46.9 Å². The van der Waals surface area contributed by atoms with E-state index in [1.54, 1.807) is 0 Å². The fourth-order valence-corrected chi connectivity index (χ4v) is 6.87. The molecular formula is C27H28ClF4N7O3. The first kappa shape index (κ1) is 24.2. The second-order valence-corrected chi connectivity index (χ2v) is 11.6. The number of aromatic nitrogens is 4. The zero-order valence-corrected chi connectivity index (χ0v) is 22.8. The maximum absolute atomic E-state index is 14.9. The summed E-state index contributed by atoms with van der Waals surface area (Å²) in [6, 6.07) is 1.27. The molecule has 42 heavy (non-hydrogen) atoms. The third-order valence-corrected chi connectivity index (χ3v) is 8.87. The lowest BCUT2D eigenvalue weighted by Gasteiger charge is -2.46. The number of phenolic OH excluding ortho intramolecular Hbond substituents is 1. The highest BCUT2D eigenvalue weighted by Gasteiger charge is 2.49. The normalized spacial score (nSPS) is 31.6. The van der Waals surface area contributed by atoms with Crippen LogP contribution in [0.25, 0.3) is 16.6 Å². The molecule has 7 heterocycles. The molecule has 5 saturated heterocycles. The molecule has 5 fully saturated rings. The number of aromatic hydroxyl groups is 1. The van der Waals surface area contributed by atoms with Gasteiger partial charge in [0.05, 0.1) is 29.2 Å². The maximum atomic E-state index is 14.9. The number of hydrogen-bond acceptors (Lipinski definition) is 9. The summed E-state index contributed by atoms with van der Waals surface area (Å²) >= 11 is 5.86. The summed E-state index contributed by atoms with van der Waals surface area (Å²) in [5, 5.41) is 16.9. The quantitative estimate of drug-likeness (QED) is 0.419. The average molecular weight is 613 g/mol. The van der Waals surface area contributed by atoms with Gasteiger partial charge < -0.3 is 20.1 Å². The van der Waals surface area contributed by atoms with Crippen LogP contribution in [-0.4, -0.2) is 86.3 Å². The molecule has 0 spiro atoms. The summed E-state index contributed by atoms with van der Waals surface area (Å²) in [5.41, 5.74) is -4.70. The van der Waals surface area contributed by atoms with Crippen molar-refractivity contribution in [2.24, 2.45) is 0 Å². The lowest BCUT2D eigenvalue weighted by Crippen LogP contribution is -2.61. The summed E-state index contributed by atoms with van der Waals surface area (Å²) in [5.74, 6) is -0.327. The fourth-order valence-electron chi connectivity index (χ4n) is 6.56. The number of anilines is 1. The second-order valence-electron chi connectivity index (χ2n) is 11.2. The van der Waals surface area contributed by atoms with Crippen molar-refractivity contribution in [2.45, 2.75) is 62.1 Å². The van der Waals surface area contributed by atoms with Crippen LogP contribution in [0.2, 0.25) is 5.02 Å². The van der Waals surface area contributed by atoms with Crippen molar-refractivity contribution in [3.8, 4) is 17.4 Å². The van der Waals surface area contributed by atoms with E-state index in [9.17, 15) is 27.5 Å². The number of nitrogens with one attached hydrogen (secondary N) is 1. The number of fused-ring (bicyclic) bond motifs is 5. The fraction of sp³-hybridized carbons (Fsp3) is 0.556. The highest BCUT2D eigenvalue weighted by atomic mass is 35.5. The molecule has 5 aliphatic heterocycles. The van der Waals surface area contributed by atoms with Gasteiger partial charge in [0.25, 0.3) is 5.56 Å². The second kappa shape index (κ2) is 9.91. The van der Waals surface area contributed by atoms with Gasteiger partial charge in [0.15, 0.2) is 0 Å². The number of piperidine rings is 2. The number of benzene rings is 1. The van der Waals surface area contributed by atoms with Gasteiger partial charge in [0.1, 0.15) is 35.4 Å². The molecule has 2 unspecified atom stereocenters. The molecule has 0 amide bonds. The highest BCUT2D eigenvalue weighted by Crippen LogP contribution is 2.42. The highest BCUT2D eigenvalue weighted by molar-refractivity contribution is 6.31. The predicted molar refractivity (Wildman–Crippen MR) is 145 cm³/mol. The number of halogens is 5. The van der Waals surface area contributed by atoms with Crippen LogP contribution < -0.4 is 20.5 Å². The van der Waals surface area contributed by atoms with Crippen molar-refractivity contribution in [2.75, 3.05) is 37.6 Å². The predicted octanol–water partition coefficient (Wildman–Crippen LogP) is 3.45. The van der Waals surface area contributed by atoms with Crippen molar-refractivity contribution in [3.63, 3.8) is 0 Å². The average Bonchev–Trinajstić information content (AvgIpc) is 3.38. The number of nitrogens with zero attached hydrogens (tertiary/aromatic N) is 6. The van der Waals surface area contributed by atoms with Crippen LogP contribution >= 0.6 is 11.6 Å². The Morgan fingerprint density at radius 3 is 2.83 bits per heavy atom. The first-order chi connectivity index (χ1) is 21.1.